The molecular formula is C26H27N5O3S. The van der Waals surface area contributed by atoms with Crippen molar-refractivity contribution >= 4 is 49.7 Å². The number of rotatable bonds is 9. The van der Waals surface area contributed by atoms with Gasteiger partial charge in [0.1, 0.15) is 5.00 Å². The molecule has 0 atom stereocenters. The number of hydrogen-bond acceptors (Lipinski definition) is 7. The number of amides is 2. The standard InChI is InChI=1S/C26H27N5O3S/c1-26(2,15-32)28-14-16-7-9-18(10-8-16)23(34)31-24-21(22(27)33)30-25(35-24)29-20-12-11-17-5-3-4-6-19(17)13-20/h3-13,28,32H,14-15H2,1-2H3,(H2,27,33)(H,29,30)(H,31,34). The molecule has 4 aromatic rings. The number of nitrogens with two attached hydrogens (primary N) is 1. The van der Waals surface area contributed by atoms with Crippen LogP contribution in [0.1, 0.15) is 40.3 Å². The van der Waals surface area contributed by atoms with E-state index in [0.29, 0.717) is 17.2 Å². The smallest absolute Gasteiger partial charge is 0.270 e. The number of thiazole rings is 1. The van der Waals surface area contributed by atoms with Crippen molar-refractivity contribution < 1.29 is 14.7 Å². The highest BCUT2D eigenvalue weighted by Crippen LogP contribution is 2.32. The van der Waals surface area contributed by atoms with Gasteiger partial charge in [-0.2, -0.15) is 0 Å². The van der Waals surface area contributed by atoms with Crippen LogP contribution in [-0.2, 0) is 6.54 Å². The third-order valence-electron chi connectivity index (χ3n) is 5.47. The summed E-state index contributed by atoms with van der Waals surface area (Å²) in [5.41, 5.74) is 7.32. The molecule has 1 heterocycles. The third-order valence-corrected chi connectivity index (χ3v) is 6.36. The highest BCUT2D eigenvalue weighted by atomic mass is 32.1. The number of carbonyl (C=O) groups excluding carboxylic acids is 2. The van der Waals surface area contributed by atoms with Crippen molar-refractivity contribution in [2.45, 2.75) is 25.9 Å². The number of aliphatic hydroxyl groups excluding tert-OH is 1. The number of fused-ring (bicyclic) bond motifs is 1. The fourth-order valence-electron chi connectivity index (χ4n) is 3.36. The number of hydrogen-bond donors (Lipinski definition) is 5. The molecule has 0 radical (unpaired) electrons. The van der Waals surface area contributed by atoms with Crippen LogP contribution in [0.2, 0.25) is 0 Å². The predicted octanol–water partition coefficient (Wildman–Crippen LogP) is 4.25. The second-order valence-electron chi connectivity index (χ2n) is 8.79. The first-order valence-electron chi connectivity index (χ1n) is 11.1. The van der Waals surface area contributed by atoms with E-state index >= 15 is 0 Å². The molecule has 0 aliphatic carbocycles. The Morgan fingerprint density at radius 2 is 1.74 bits per heavy atom. The van der Waals surface area contributed by atoms with Crippen LogP contribution in [-0.4, -0.2) is 34.1 Å². The van der Waals surface area contributed by atoms with Gasteiger partial charge in [-0.25, -0.2) is 4.98 Å². The zero-order chi connectivity index (χ0) is 25.0. The van der Waals surface area contributed by atoms with Crippen LogP contribution in [0, 0.1) is 0 Å². The summed E-state index contributed by atoms with van der Waals surface area (Å²) in [6.45, 7) is 4.38. The minimum absolute atomic E-state index is 0.00121. The maximum Gasteiger partial charge on any atom is 0.270 e. The molecule has 35 heavy (non-hydrogen) atoms. The second-order valence-corrected chi connectivity index (χ2v) is 9.79. The maximum absolute atomic E-state index is 12.8. The number of carbonyl (C=O) groups is 2. The van der Waals surface area contributed by atoms with Gasteiger partial charge in [-0.15, -0.1) is 0 Å². The van der Waals surface area contributed by atoms with Gasteiger partial charge in [0, 0.05) is 23.3 Å². The van der Waals surface area contributed by atoms with Crippen LogP contribution >= 0.6 is 11.3 Å². The van der Waals surface area contributed by atoms with Crippen molar-refractivity contribution in [1.82, 2.24) is 10.3 Å². The third kappa shape index (κ3) is 6.02. The van der Waals surface area contributed by atoms with E-state index in [0.717, 1.165) is 33.4 Å². The summed E-state index contributed by atoms with van der Waals surface area (Å²) in [4.78, 5) is 29.1. The van der Waals surface area contributed by atoms with Gasteiger partial charge in [-0.3, -0.25) is 9.59 Å². The summed E-state index contributed by atoms with van der Waals surface area (Å²) >= 11 is 1.14. The summed E-state index contributed by atoms with van der Waals surface area (Å²) in [6.07, 6.45) is 0. The average molecular weight is 490 g/mol. The topological polar surface area (TPSA) is 129 Å². The van der Waals surface area contributed by atoms with E-state index in [9.17, 15) is 14.7 Å². The Morgan fingerprint density at radius 3 is 2.43 bits per heavy atom. The van der Waals surface area contributed by atoms with Gasteiger partial charge < -0.3 is 26.8 Å². The van der Waals surface area contributed by atoms with Crippen molar-refractivity contribution in [3.8, 4) is 0 Å². The molecule has 0 saturated heterocycles. The Labute approximate surface area is 207 Å². The van der Waals surface area contributed by atoms with E-state index in [2.05, 4.69) is 20.9 Å². The largest absolute Gasteiger partial charge is 0.394 e. The summed E-state index contributed by atoms with van der Waals surface area (Å²) < 4.78 is 0. The molecule has 0 spiro atoms. The van der Waals surface area contributed by atoms with E-state index < -0.39 is 11.4 Å². The molecule has 180 valence electrons. The highest BCUT2D eigenvalue weighted by molar-refractivity contribution is 7.20. The number of nitrogens with zero attached hydrogens (tertiary/aromatic N) is 1. The summed E-state index contributed by atoms with van der Waals surface area (Å²) in [6, 6.07) is 21.0. The van der Waals surface area contributed by atoms with Crippen LogP contribution in [0.15, 0.2) is 66.7 Å². The lowest BCUT2D eigenvalue weighted by atomic mass is 10.1. The van der Waals surface area contributed by atoms with Gasteiger partial charge in [0.15, 0.2) is 10.8 Å². The quantitative estimate of drug-likeness (QED) is 0.239. The van der Waals surface area contributed by atoms with Crippen LogP contribution in [0.5, 0.6) is 0 Å². The molecule has 8 nitrogen and oxygen atoms in total. The fraction of sp³-hybridized carbons (Fsp3) is 0.192. The minimum atomic E-state index is -0.726. The Balaban J connectivity index is 1.47. The van der Waals surface area contributed by atoms with E-state index in [1.807, 2.05) is 68.4 Å². The summed E-state index contributed by atoms with van der Waals surface area (Å²) in [5.74, 6) is -1.10. The van der Waals surface area contributed by atoms with Gasteiger partial charge in [-0.1, -0.05) is 53.8 Å². The molecule has 0 fully saturated rings. The number of anilines is 3. The normalized spacial score (nSPS) is 11.4. The minimum Gasteiger partial charge on any atom is -0.394 e. The van der Waals surface area contributed by atoms with Crippen LogP contribution in [0.4, 0.5) is 15.8 Å². The van der Waals surface area contributed by atoms with Crippen molar-refractivity contribution in [2.24, 2.45) is 5.73 Å². The Bertz CT molecular complexity index is 1370. The van der Waals surface area contributed by atoms with Gasteiger partial charge in [0.05, 0.1) is 6.61 Å². The van der Waals surface area contributed by atoms with Gasteiger partial charge in [-0.05, 0) is 54.4 Å². The van der Waals surface area contributed by atoms with Crippen molar-refractivity contribution in [1.29, 1.82) is 0 Å². The predicted molar refractivity (Wildman–Crippen MR) is 140 cm³/mol. The Morgan fingerprint density at radius 1 is 1.03 bits per heavy atom. The maximum atomic E-state index is 12.8. The molecule has 0 saturated carbocycles. The molecule has 0 aliphatic heterocycles. The van der Waals surface area contributed by atoms with Crippen molar-refractivity contribution in [2.75, 3.05) is 17.2 Å². The van der Waals surface area contributed by atoms with Crippen LogP contribution < -0.4 is 21.7 Å². The first kappa shape index (κ1) is 24.3. The second kappa shape index (κ2) is 10.2. The molecule has 2 amide bonds. The molecular weight excluding hydrogens is 462 g/mol. The molecule has 0 aliphatic rings. The molecule has 4 rings (SSSR count). The van der Waals surface area contributed by atoms with Gasteiger partial charge in [0.2, 0.25) is 0 Å². The molecule has 0 bridgehead atoms. The lowest BCUT2D eigenvalue weighted by Gasteiger charge is -2.23. The Hall–Kier alpha value is -3.79. The monoisotopic (exact) mass is 489 g/mol. The average Bonchev–Trinajstić information content (AvgIpc) is 3.25. The molecule has 6 N–H and O–H groups in total. The summed E-state index contributed by atoms with van der Waals surface area (Å²) in [5, 5.41) is 21.5. The number of nitrogens with one attached hydrogen (secondary N) is 3. The van der Waals surface area contributed by atoms with Gasteiger partial charge in [0.25, 0.3) is 11.8 Å². The lowest BCUT2D eigenvalue weighted by Crippen LogP contribution is -2.42. The zero-order valence-electron chi connectivity index (χ0n) is 19.5. The number of primary amides is 1. The lowest BCUT2D eigenvalue weighted by molar-refractivity contribution is 0.0997. The van der Waals surface area contributed by atoms with Crippen molar-refractivity contribution in [3.05, 3.63) is 83.6 Å². The van der Waals surface area contributed by atoms with Gasteiger partial charge >= 0.3 is 0 Å². The van der Waals surface area contributed by atoms with Crippen molar-refractivity contribution in [3.63, 3.8) is 0 Å². The first-order chi connectivity index (χ1) is 16.7. The van der Waals surface area contributed by atoms with E-state index in [1.165, 1.54) is 0 Å². The van der Waals surface area contributed by atoms with Crippen LogP contribution in [0.25, 0.3) is 10.8 Å². The molecule has 0 unspecified atom stereocenters. The van der Waals surface area contributed by atoms with E-state index in [-0.39, 0.29) is 23.2 Å². The fourth-order valence-corrected chi connectivity index (χ4v) is 4.25. The zero-order valence-corrected chi connectivity index (χ0v) is 20.3. The molecule has 1 aromatic heterocycles. The number of benzene rings is 3. The first-order valence-corrected chi connectivity index (χ1v) is 11.9. The van der Waals surface area contributed by atoms with E-state index in [4.69, 9.17) is 5.73 Å². The molecule has 9 heteroatoms. The molecule has 3 aromatic carbocycles. The van der Waals surface area contributed by atoms with Crippen LogP contribution in [0.3, 0.4) is 0 Å². The summed E-state index contributed by atoms with van der Waals surface area (Å²) in [7, 11) is 0. The SMILES string of the molecule is CC(C)(CO)NCc1ccc(C(=O)Nc2sc(Nc3ccc4ccccc4c3)nc2C(N)=O)cc1. The van der Waals surface area contributed by atoms with E-state index in [1.54, 1.807) is 12.1 Å². The Kier molecular flexibility index (Phi) is 7.11. The highest BCUT2D eigenvalue weighted by Gasteiger charge is 2.19. The number of aromatic nitrogens is 1. The number of aliphatic hydroxyl groups is 1.